The highest BCUT2D eigenvalue weighted by Crippen LogP contribution is 2.30. The lowest BCUT2D eigenvalue weighted by Crippen LogP contribution is -2.19. The Morgan fingerprint density at radius 3 is 2.89 bits per heavy atom. The Hall–Kier alpha value is -0.540. The van der Waals surface area contributed by atoms with Crippen molar-refractivity contribution in [2.45, 2.75) is 18.9 Å². The Morgan fingerprint density at radius 1 is 1.26 bits per heavy atom. The molecule has 2 aromatic rings. The first kappa shape index (κ1) is 13.4. The van der Waals surface area contributed by atoms with Crippen LogP contribution in [0.5, 0.6) is 0 Å². The minimum atomic E-state index is 0.678. The van der Waals surface area contributed by atoms with Gasteiger partial charge in [0, 0.05) is 23.1 Å². The Kier molecular flexibility index (Phi) is 4.13. The van der Waals surface area contributed by atoms with Crippen molar-refractivity contribution >= 4 is 34.5 Å². The summed E-state index contributed by atoms with van der Waals surface area (Å²) in [7, 11) is 0. The molecule has 0 N–H and O–H groups in total. The summed E-state index contributed by atoms with van der Waals surface area (Å²) in [6.45, 7) is 3.17. The first-order valence-corrected chi connectivity index (χ1v) is 8.10. The van der Waals surface area contributed by atoms with Crippen LogP contribution in [0.3, 0.4) is 0 Å². The van der Waals surface area contributed by atoms with Gasteiger partial charge >= 0.3 is 0 Å². The zero-order chi connectivity index (χ0) is 13.2. The molecule has 1 atom stereocenters. The third-order valence-electron chi connectivity index (χ3n) is 3.70. The highest BCUT2D eigenvalue weighted by atomic mass is 35.5. The van der Waals surface area contributed by atoms with Gasteiger partial charge in [-0.25, -0.2) is 0 Å². The van der Waals surface area contributed by atoms with Crippen LogP contribution >= 0.6 is 34.5 Å². The van der Waals surface area contributed by atoms with Crippen molar-refractivity contribution in [2.75, 3.05) is 13.1 Å². The van der Waals surface area contributed by atoms with Crippen molar-refractivity contribution in [1.29, 1.82) is 0 Å². The quantitative estimate of drug-likeness (QED) is 0.767. The lowest BCUT2D eigenvalue weighted by atomic mass is 10.0. The van der Waals surface area contributed by atoms with Gasteiger partial charge in [0.2, 0.25) is 0 Å². The van der Waals surface area contributed by atoms with Crippen molar-refractivity contribution in [2.24, 2.45) is 0 Å². The minimum Gasteiger partial charge on any atom is -0.298 e. The lowest BCUT2D eigenvalue weighted by molar-refractivity contribution is 0.327. The number of likely N-dealkylation sites (tertiary alicyclic amines) is 1. The highest BCUT2D eigenvalue weighted by molar-refractivity contribution is 7.07. The summed E-state index contributed by atoms with van der Waals surface area (Å²) in [5.41, 5.74) is 2.65. The van der Waals surface area contributed by atoms with Gasteiger partial charge in [-0.05, 0) is 59.0 Å². The molecular formula is C15H15Cl2NS. The first-order chi connectivity index (χ1) is 9.22. The Bertz CT molecular complexity index is 553. The molecule has 1 aromatic carbocycles. The fraction of sp³-hybridized carbons (Fsp3) is 0.333. The van der Waals surface area contributed by atoms with Crippen LogP contribution in [0.4, 0.5) is 0 Å². The summed E-state index contributed by atoms with van der Waals surface area (Å²) in [5, 5.41) is 5.90. The summed E-state index contributed by atoms with van der Waals surface area (Å²) >= 11 is 13.9. The molecule has 0 radical (unpaired) electrons. The van der Waals surface area contributed by atoms with E-state index in [4.69, 9.17) is 23.2 Å². The topological polar surface area (TPSA) is 3.24 Å². The second-order valence-electron chi connectivity index (χ2n) is 5.01. The van der Waals surface area contributed by atoms with Gasteiger partial charge in [-0.1, -0.05) is 29.3 Å². The molecule has 1 aliphatic rings. The molecule has 1 aliphatic heterocycles. The molecule has 2 heterocycles. The molecule has 3 rings (SSSR count). The number of benzene rings is 1. The molecule has 0 bridgehead atoms. The predicted molar refractivity (Wildman–Crippen MR) is 83.4 cm³/mol. The van der Waals surface area contributed by atoms with Crippen LogP contribution < -0.4 is 0 Å². The summed E-state index contributed by atoms with van der Waals surface area (Å²) in [5.74, 6) is 0.678. The van der Waals surface area contributed by atoms with Crippen molar-refractivity contribution in [3.8, 4) is 0 Å². The summed E-state index contributed by atoms with van der Waals surface area (Å²) in [6.07, 6.45) is 1.24. The van der Waals surface area contributed by atoms with E-state index in [2.05, 4.69) is 21.7 Å². The van der Waals surface area contributed by atoms with Gasteiger partial charge in [0.15, 0.2) is 0 Å². The molecule has 1 aromatic heterocycles. The van der Waals surface area contributed by atoms with Gasteiger partial charge in [0.25, 0.3) is 0 Å². The Labute approximate surface area is 127 Å². The fourth-order valence-corrected chi connectivity index (χ4v) is 3.86. The Morgan fingerprint density at radius 2 is 2.16 bits per heavy atom. The third-order valence-corrected chi connectivity index (χ3v) is 4.98. The van der Waals surface area contributed by atoms with Crippen LogP contribution in [0.15, 0.2) is 35.0 Å². The number of nitrogens with zero attached hydrogens (tertiary/aromatic N) is 1. The number of rotatable bonds is 3. The average Bonchev–Trinajstić information content (AvgIpc) is 3.03. The summed E-state index contributed by atoms with van der Waals surface area (Å²) in [6, 6.07) is 8.01. The first-order valence-electron chi connectivity index (χ1n) is 6.41. The highest BCUT2D eigenvalue weighted by Gasteiger charge is 2.24. The molecule has 100 valence electrons. The molecular weight excluding hydrogens is 297 g/mol. The van der Waals surface area contributed by atoms with E-state index in [1.165, 1.54) is 12.0 Å². The average molecular weight is 312 g/mol. The smallest absolute Gasteiger partial charge is 0.0465 e. The van der Waals surface area contributed by atoms with E-state index in [0.717, 1.165) is 30.2 Å². The number of hydrogen-bond donors (Lipinski definition) is 0. The maximum Gasteiger partial charge on any atom is 0.0465 e. The van der Waals surface area contributed by atoms with Crippen LogP contribution in [0, 0.1) is 0 Å². The molecule has 0 amide bonds. The molecule has 0 saturated carbocycles. The molecule has 1 fully saturated rings. The van der Waals surface area contributed by atoms with E-state index >= 15 is 0 Å². The molecule has 19 heavy (non-hydrogen) atoms. The summed E-state index contributed by atoms with van der Waals surface area (Å²) in [4.78, 5) is 2.47. The SMILES string of the molecule is Clc1ccc(CN2CC[C@@H](c3ccsc3)C2)c(Cl)c1. The van der Waals surface area contributed by atoms with Crippen molar-refractivity contribution in [3.63, 3.8) is 0 Å². The van der Waals surface area contributed by atoms with Gasteiger partial charge in [-0.15, -0.1) is 0 Å². The zero-order valence-corrected chi connectivity index (χ0v) is 12.8. The van der Waals surface area contributed by atoms with Crippen LogP contribution in [0.1, 0.15) is 23.5 Å². The summed E-state index contributed by atoms with van der Waals surface area (Å²) < 4.78 is 0. The number of halogens is 2. The molecule has 1 saturated heterocycles. The largest absolute Gasteiger partial charge is 0.298 e. The van der Waals surface area contributed by atoms with Crippen LogP contribution in [0.2, 0.25) is 10.0 Å². The normalized spacial score (nSPS) is 20.0. The monoisotopic (exact) mass is 311 g/mol. The van der Waals surface area contributed by atoms with Gasteiger partial charge in [-0.2, -0.15) is 11.3 Å². The van der Waals surface area contributed by atoms with E-state index in [9.17, 15) is 0 Å². The van der Waals surface area contributed by atoms with E-state index in [-0.39, 0.29) is 0 Å². The van der Waals surface area contributed by atoms with Crippen molar-refractivity contribution < 1.29 is 0 Å². The Balaban J connectivity index is 1.65. The molecule has 1 nitrogen and oxygen atoms in total. The number of thiophene rings is 1. The number of hydrogen-bond acceptors (Lipinski definition) is 2. The van der Waals surface area contributed by atoms with Crippen molar-refractivity contribution in [1.82, 2.24) is 4.90 Å². The van der Waals surface area contributed by atoms with E-state index in [1.54, 1.807) is 11.3 Å². The van der Waals surface area contributed by atoms with Crippen LogP contribution in [0.25, 0.3) is 0 Å². The van der Waals surface area contributed by atoms with Gasteiger partial charge < -0.3 is 0 Å². The van der Waals surface area contributed by atoms with E-state index in [0.29, 0.717) is 10.9 Å². The fourth-order valence-electron chi connectivity index (χ4n) is 2.65. The van der Waals surface area contributed by atoms with Gasteiger partial charge in [-0.3, -0.25) is 4.90 Å². The molecule has 0 unspecified atom stereocenters. The predicted octanol–water partition coefficient (Wildman–Crippen LogP) is 5.04. The zero-order valence-electron chi connectivity index (χ0n) is 10.5. The molecule has 4 heteroatoms. The van der Waals surface area contributed by atoms with Crippen molar-refractivity contribution in [3.05, 3.63) is 56.2 Å². The lowest BCUT2D eigenvalue weighted by Gasteiger charge is -2.16. The van der Waals surface area contributed by atoms with E-state index < -0.39 is 0 Å². The maximum atomic E-state index is 6.23. The molecule has 0 aliphatic carbocycles. The van der Waals surface area contributed by atoms with Crippen LogP contribution in [-0.2, 0) is 6.54 Å². The second kappa shape index (κ2) is 5.84. The second-order valence-corrected chi connectivity index (χ2v) is 6.64. The standard InChI is InChI=1S/C15H15Cl2NS/c16-14-2-1-12(15(17)7-14)9-18-5-3-11(8-18)13-4-6-19-10-13/h1-2,4,6-7,10-11H,3,5,8-9H2/t11-/m1/s1. The van der Waals surface area contributed by atoms with Crippen LogP contribution in [-0.4, -0.2) is 18.0 Å². The van der Waals surface area contributed by atoms with Gasteiger partial charge in [0.1, 0.15) is 0 Å². The van der Waals surface area contributed by atoms with Gasteiger partial charge in [0.05, 0.1) is 0 Å². The molecule has 0 spiro atoms. The van der Waals surface area contributed by atoms with E-state index in [1.807, 2.05) is 18.2 Å². The maximum absolute atomic E-state index is 6.23. The third kappa shape index (κ3) is 3.14. The minimum absolute atomic E-state index is 0.678.